The first-order chi connectivity index (χ1) is 11.5. The molecule has 2 aromatic carbocycles. The quantitative estimate of drug-likeness (QED) is 0.787. The van der Waals surface area contributed by atoms with Crippen LogP contribution in [0.3, 0.4) is 0 Å². The number of Topliss-reactive ketones (excluding diaryl/α,β-unsaturated/α-hetero) is 1. The Morgan fingerprint density at radius 3 is 2.71 bits per heavy atom. The van der Waals surface area contributed by atoms with Gasteiger partial charge in [-0.15, -0.1) is 0 Å². The molecule has 2 heteroatoms. The summed E-state index contributed by atoms with van der Waals surface area (Å²) in [5.74, 6) is 0.652. The molecule has 0 amide bonds. The highest BCUT2D eigenvalue weighted by Crippen LogP contribution is 2.34. The van der Waals surface area contributed by atoms with Crippen LogP contribution in [0.4, 0.5) is 0 Å². The first-order valence-corrected chi connectivity index (χ1v) is 9.24. The van der Waals surface area contributed by atoms with E-state index in [2.05, 4.69) is 68.1 Å². The van der Waals surface area contributed by atoms with Gasteiger partial charge in [0.25, 0.3) is 0 Å². The second-order valence-electron chi connectivity index (χ2n) is 7.79. The molecular weight excluding hydrogens is 294 g/mol. The smallest absolute Gasteiger partial charge is 0.138 e. The molecule has 1 heterocycles. The van der Waals surface area contributed by atoms with Crippen molar-refractivity contribution in [3.63, 3.8) is 0 Å². The first kappa shape index (κ1) is 17.2. The van der Waals surface area contributed by atoms with Crippen molar-refractivity contribution in [1.82, 2.24) is 4.90 Å². The second-order valence-corrected chi connectivity index (χ2v) is 7.79. The molecule has 24 heavy (non-hydrogen) atoms. The summed E-state index contributed by atoms with van der Waals surface area (Å²) in [6.07, 6.45) is 2.84. The van der Waals surface area contributed by atoms with Gasteiger partial charge < -0.3 is 4.90 Å². The monoisotopic (exact) mass is 323 g/mol. The summed E-state index contributed by atoms with van der Waals surface area (Å²) in [5.41, 5.74) is 1.16. The molecule has 0 radical (unpaired) electrons. The third kappa shape index (κ3) is 3.54. The van der Waals surface area contributed by atoms with Gasteiger partial charge in [0.1, 0.15) is 5.78 Å². The third-order valence-corrected chi connectivity index (χ3v) is 5.54. The lowest BCUT2D eigenvalue weighted by molar-refractivity contribution is -0.125. The number of ketones is 1. The molecule has 1 aliphatic rings. The van der Waals surface area contributed by atoms with E-state index in [1.54, 1.807) is 0 Å². The molecule has 1 saturated heterocycles. The fourth-order valence-electron chi connectivity index (χ4n) is 4.10. The van der Waals surface area contributed by atoms with E-state index in [1.165, 1.54) is 16.3 Å². The van der Waals surface area contributed by atoms with E-state index in [0.29, 0.717) is 12.2 Å². The molecule has 0 bridgehead atoms. The SMILES string of the molecule is CCN1CCCC(C(=O)CC(C)(C)c2cccc3ccccc23)C1. The Morgan fingerprint density at radius 1 is 1.17 bits per heavy atom. The van der Waals surface area contributed by atoms with Crippen LogP contribution in [0.5, 0.6) is 0 Å². The van der Waals surface area contributed by atoms with Gasteiger partial charge in [-0.05, 0) is 47.7 Å². The lowest BCUT2D eigenvalue weighted by Crippen LogP contribution is -2.40. The van der Waals surface area contributed by atoms with Crippen LogP contribution in [0.1, 0.15) is 45.6 Å². The van der Waals surface area contributed by atoms with Gasteiger partial charge in [0.2, 0.25) is 0 Å². The van der Waals surface area contributed by atoms with Gasteiger partial charge in [0.15, 0.2) is 0 Å². The van der Waals surface area contributed by atoms with Crippen molar-refractivity contribution in [3.05, 3.63) is 48.0 Å². The third-order valence-electron chi connectivity index (χ3n) is 5.54. The Morgan fingerprint density at radius 2 is 1.92 bits per heavy atom. The number of carbonyl (C=O) groups excluding carboxylic acids is 1. The fourth-order valence-corrected chi connectivity index (χ4v) is 4.10. The van der Waals surface area contributed by atoms with E-state index in [0.717, 1.165) is 32.5 Å². The zero-order chi connectivity index (χ0) is 17.2. The Balaban J connectivity index is 1.81. The van der Waals surface area contributed by atoms with Crippen molar-refractivity contribution in [2.75, 3.05) is 19.6 Å². The predicted molar refractivity (Wildman–Crippen MR) is 101 cm³/mol. The molecular formula is C22H29NO. The van der Waals surface area contributed by atoms with Crippen molar-refractivity contribution in [2.24, 2.45) is 5.92 Å². The molecule has 1 atom stereocenters. The topological polar surface area (TPSA) is 20.3 Å². The molecule has 2 nitrogen and oxygen atoms in total. The molecule has 0 aliphatic carbocycles. The summed E-state index contributed by atoms with van der Waals surface area (Å²) in [5, 5.41) is 2.53. The summed E-state index contributed by atoms with van der Waals surface area (Å²) in [6, 6.07) is 14.9. The van der Waals surface area contributed by atoms with Crippen molar-refractivity contribution in [3.8, 4) is 0 Å². The Kier molecular flexibility index (Phi) is 5.05. The van der Waals surface area contributed by atoms with E-state index in [9.17, 15) is 4.79 Å². The number of nitrogens with zero attached hydrogens (tertiary/aromatic N) is 1. The van der Waals surface area contributed by atoms with Crippen molar-refractivity contribution < 1.29 is 4.79 Å². The molecule has 128 valence electrons. The van der Waals surface area contributed by atoms with Crippen LogP contribution in [0.15, 0.2) is 42.5 Å². The van der Waals surface area contributed by atoms with Gasteiger partial charge in [-0.3, -0.25) is 4.79 Å². The summed E-state index contributed by atoms with van der Waals surface area (Å²) >= 11 is 0. The van der Waals surface area contributed by atoms with E-state index in [1.807, 2.05) is 0 Å². The average molecular weight is 323 g/mol. The summed E-state index contributed by atoms with van der Waals surface area (Å²) in [7, 11) is 0. The normalized spacial score (nSPS) is 19.5. The standard InChI is InChI=1S/C22H29NO/c1-4-23-14-8-11-18(16-23)21(24)15-22(2,3)20-13-7-10-17-9-5-6-12-19(17)20/h5-7,9-10,12-13,18H,4,8,11,14-16H2,1-3H3. The maximum Gasteiger partial charge on any atom is 0.138 e. The van der Waals surface area contributed by atoms with Crippen LogP contribution < -0.4 is 0 Å². The van der Waals surface area contributed by atoms with Gasteiger partial charge in [-0.25, -0.2) is 0 Å². The molecule has 0 N–H and O–H groups in total. The number of likely N-dealkylation sites (tertiary alicyclic amines) is 1. The average Bonchev–Trinajstić information content (AvgIpc) is 2.61. The van der Waals surface area contributed by atoms with Crippen LogP contribution in [-0.2, 0) is 10.2 Å². The van der Waals surface area contributed by atoms with Gasteiger partial charge in [-0.2, -0.15) is 0 Å². The lowest BCUT2D eigenvalue weighted by atomic mass is 9.75. The summed E-state index contributed by atoms with van der Waals surface area (Å²) < 4.78 is 0. The van der Waals surface area contributed by atoms with Gasteiger partial charge in [0.05, 0.1) is 0 Å². The molecule has 2 aromatic rings. The summed E-state index contributed by atoms with van der Waals surface area (Å²) in [4.78, 5) is 15.4. The highest BCUT2D eigenvalue weighted by atomic mass is 16.1. The Labute approximate surface area is 145 Å². The summed E-state index contributed by atoms with van der Waals surface area (Å²) in [6.45, 7) is 9.76. The largest absolute Gasteiger partial charge is 0.303 e. The maximum absolute atomic E-state index is 13.0. The number of piperidine rings is 1. The van der Waals surface area contributed by atoms with E-state index >= 15 is 0 Å². The first-order valence-electron chi connectivity index (χ1n) is 9.24. The Hall–Kier alpha value is -1.67. The lowest BCUT2D eigenvalue weighted by Gasteiger charge is -2.33. The zero-order valence-electron chi connectivity index (χ0n) is 15.2. The second kappa shape index (κ2) is 7.06. The van der Waals surface area contributed by atoms with E-state index in [-0.39, 0.29) is 11.3 Å². The number of hydrogen-bond donors (Lipinski definition) is 0. The molecule has 3 rings (SSSR count). The van der Waals surface area contributed by atoms with Crippen LogP contribution in [0.25, 0.3) is 10.8 Å². The van der Waals surface area contributed by atoms with Crippen molar-refractivity contribution in [2.45, 2.75) is 45.4 Å². The fraction of sp³-hybridized carbons (Fsp3) is 0.500. The van der Waals surface area contributed by atoms with Gasteiger partial charge >= 0.3 is 0 Å². The van der Waals surface area contributed by atoms with Crippen LogP contribution in [0, 0.1) is 5.92 Å². The number of fused-ring (bicyclic) bond motifs is 1. The molecule has 1 fully saturated rings. The van der Waals surface area contributed by atoms with Crippen molar-refractivity contribution >= 4 is 16.6 Å². The van der Waals surface area contributed by atoms with Crippen LogP contribution in [0.2, 0.25) is 0 Å². The number of hydrogen-bond acceptors (Lipinski definition) is 2. The highest BCUT2D eigenvalue weighted by Gasteiger charge is 2.31. The van der Waals surface area contributed by atoms with Gasteiger partial charge in [0, 0.05) is 18.9 Å². The minimum absolute atomic E-state index is 0.133. The maximum atomic E-state index is 13.0. The van der Waals surface area contributed by atoms with Crippen LogP contribution in [-0.4, -0.2) is 30.3 Å². The minimum Gasteiger partial charge on any atom is -0.303 e. The number of benzene rings is 2. The van der Waals surface area contributed by atoms with Crippen molar-refractivity contribution in [1.29, 1.82) is 0 Å². The number of rotatable bonds is 5. The molecule has 1 aliphatic heterocycles. The molecule has 1 unspecified atom stereocenters. The van der Waals surface area contributed by atoms with Gasteiger partial charge in [-0.1, -0.05) is 63.2 Å². The van der Waals surface area contributed by atoms with E-state index < -0.39 is 0 Å². The molecule has 0 saturated carbocycles. The number of carbonyl (C=O) groups is 1. The zero-order valence-corrected chi connectivity index (χ0v) is 15.2. The van der Waals surface area contributed by atoms with E-state index in [4.69, 9.17) is 0 Å². The molecule has 0 spiro atoms. The Bertz CT molecular complexity index is 713. The minimum atomic E-state index is -0.133. The van der Waals surface area contributed by atoms with Crippen LogP contribution >= 0.6 is 0 Å². The highest BCUT2D eigenvalue weighted by molar-refractivity contribution is 5.88. The predicted octanol–water partition coefficient (Wildman–Crippen LogP) is 4.81. The molecule has 0 aromatic heterocycles.